The van der Waals surface area contributed by atoms with Crippen LogP contribution < -0.4 is 5.73 Å². The molecule has 0 unspecified atom stereocenters. The van der Waals surface area contributed by atoms with Crippen LogP contribution in [0.25, 0.3) is 21.9 Å². The first kappa shape index (κ1) is 9.91. The molecular formula is C10H6N4O2S. The van der Waals surface area contributed by atoms with Gasteiger partial charge in [0, 0.05) is 5.39 Å². The minimum atomic E-state index is -0.986. The normalized spacial score (nSPS) is 11.1. The summed E-state index contributed by atoms with van der Waals surface area (Å²) in [6.45, 7) is 0. The molecule has 0 bridgehead atoms. The lowest BCUT2D eigenvalue weighted by atomic mass is 10.1. The first-order valence-electron chi connectivity index (χ1n) is 4.71. The maximum Gasteiger partial charge on any atom is 0.335 e. The number of aromatic carboxylic acids is 1. The van der Waals surface area contributed by atoms with Crippen LogP contribution in [-0.4, -0.2) is 24.8 Å². The van der Waals surface area contributed by atoms with E-state index in [-0.39, 0.29) is 5.56 Å². The summed E-state index contributed by atoms with van der Waals surface area (Å²) in [6, 6.07) is 4.64. The van der Waals surface area contributed by atoms with Gasteiger partial charge in [0.05, 0.1) is 22.8 Å². The number of hydrogen-bond donors (Lipinski definition) is 2. The number of carboxylic acids is 1. The SMILES string of the molecule is Nc1nc2ccc(C(=O)O)cc2c2nsnc12. The molecule has 1 aromatic carbocycles. The molecule has 2 heterocycles. The Morgan fingerprint density at radius 2 is 2.06 bits per heavy atom. The third-order valence-corrected chi connectivity index (χ3v) is 3.00. The Kier molecular flexibility index (Phi) is 1.96. The second kappa shape index (κ2) is 3.36. The lowest BCUT2D eigenvalue weighted by Gasteiger charge is -2.01. The van der Waals surface area contributed by atoms with Crippen molar-refractivity contribution in [2.24, 2.45) is 0 Å². The maximum atomic E-state index is 10.9. The summed E-state index contributed by atoms with van der Waals surface area (Å²) >= 11 is 1.03. The second-order valence-corrected chi connectivity index (χ2v) is 4.02. The van der Waals surface area contributed by atoms with Gasteiger partial charge in [-0.1, -0.05) is 0 Å². The number of fused-ring (bicyclic) bond motifs is 3. The summed E-state index contributed by atoms with van der Waals surface area (Å²) < 4.78 is 8.16. The zero-order valence-electron chi connectivity index (χ0n) is 8.41. The van der Waals surface area contributed by atoms with E-state index in [1.165, 1.54) is 12.1 Å². The molecule has 6 nitrogen and oxygen atoms in total. The van der Waals surface area contributed by atoms with E-state index in [2.05, 4.69) is 13.7 Å². The Balaban J connectivity index is 2.48. The fourth-order valence-corrected chi connectivity index (χ4v) is 2.24. The van der Waals surface area contributed by atoms with Crippen molar-refractivity contribution in [2.45, 2.75) is 0 Å². The van der Waals surface area contributed by atoms with Crippen molar-refractivity contribution in [1.29, 1.82) is 0 Å². The number of nitrogen functional groups attached to an aromatic ring is 1. The van der Waals surface area contributed by atoms with E-state index in [0.29, 0.717) is 27.8 Å². The van der Waals surface area contributed by atoms with Gasteiger partial charge >= 0.3 is 5.97 Å². The number of nitrogens with two attached hydrogens (primary N) is 1. The van der Waals surface area contributed by atoms with Crippen molar-refractivity contribution >= 4 is 45.5 Å². The van der Waals surface area contributed by atoms with E-state index in [1.807, 2.05) is 0 Å². The highest BCUT2D eigenvalue weighted by molar-refractivity contribution is 7.00. The number of carbonyl (C=O) groups is 1. The van der Waals surface area contributed by atoms with Crippen LogP contribution in [0.4, 0.5) is 5.82 Å². The molecule has 0 aliphatic rings. The number of benzene rings is 1. The molecule has 0 amide bonds. The van der Waals surface area contributed by atoms with Gasteiger partial charge < -0.3 is 10.8 Å². The van der Waals surface area contributed by atoms with Gasteiger partial charge in [-0.25, -0.2) is 9.78 Å². The molecule has 3 aromatic rings. The minimum absolute atomic E-state index is 0.193. The predicted molar refractivity (Wildman–Crippen MR) is 64.1 cm³/mol. The molecule has 17 heavy (non-hydrogen) atoms. The average molecular weight is 246 g/mol. The molecule has 0 saturated carbocycles. The quantitative estimate of drug-likeness (QED) is 0.674. The van der Waals surface area contributed by atoms with Crippen LogP contribution in [0, 0.1) is 0 Å². The summed E-state index contributed by atoms with van der Waals surface area (Å²) in [5, 5.41) is 9.60. The molecular weight excluding hydrogens is 240 g/mol. The third-order valence-electron chi connectivity index (χ3n) is 2.47. The van der Waals surface area contributed by atoms with Gasteiger partial charge in [0.2, 0.25) is 0 Å². The number of aromatic nitrogens is 3. The molecule has 0 fully saturated rings. The molecule has 0 radical (unpaired) electrons. The van der Waals surface area contributed by atoms with E-state index in [4.69, 9.17) is 10.8 Å². The maximum absolute atomic E-state index is 10.9. The van der Waals surface area contributed by atoms with E-state index in [1.54, 1.807) is 6.07 Å². The Hall–Kier alpha value is -2.28. The van der Waals surface area contributed by atoms with Crippen LogP contribution in [0.2, 0.25) is 0 Å². The van der Waals surface area contributed by atoms with Gasteiger partial charge in [0.15, 0.2) is 5.82 Å². The van der Waals surface area contributed by atoms with Gasteiger partial charge in [0.1, 0.15) is 11.0 Å². The van der Waals surface area contributed by atoms with Crippen LogP contribution in [0.15, 0.2) is 18.2 Å². The summed E-state index contributed by atoms with van der Waals surface area (Å²) in [7, 11) is 0. The molecule has 2 aromatic heterocycles. The molecule has 7 heteroatoms. The molecule has 0 saturated heterocycles. The lowest BCUT2D eigenvalue weighted by molar-refractivity contribution is 0.0697. The van der Waals surface area contributed by atoms with Gasteiger partial charge in [-0.2, -0.15) is 8.75 Å². The zero-order valence-corrected chi connectivity index (χ0v) is 9.23. The molecule has 0 aliphatic heterocycles. The summed E-state index contributed by atoms with van der Waals surface area (Å²) in [5.41, 5.74) is 7.67. The number of pyridine rings is 1. The Morgan fingerprint density at radius 3 is 2.82 bits per heavy atom. The first-order chi connectivity index (χ1) is 8.16. The summed E-state index contributed by atoms with van der Waals surface area (Å²) in [4.78, 5) is 15.1. The van der Waals surface area contributed by atoms with E-state index in [9.17, 15) is 4.79 Å². The monoisotopic (exact) mass is 246 g/mol. The van der Waals surface area contributed by atoms with Crippen molar-refractivity contribution < 1.29 is 9.90 Å². The lowest BCUT2D eigenvalue weighted by Crippen LogP contribution is -1.98. The smallest absolute Gasteiger partial charge is 0.335 e. The van der Waals surface area contributed by atoms with E-state index >= 15 is 0 Å². The summed E-state index contributed by atoms with van der Waals surface area (Å²) in [6.07, 6.45) is 0. The van der Waals surface area contributed by atoms with Crippen LogP contribution >= 0.6 is 11.7 Å². The molecule has 3 rings (SSSR count). The van der Waals surface area contributed by atoms with E-state index in [0.717, 1.165) is 11.7 Å². The fourth-order valence-electron chi connectivity index (χ4n) is 1.67. The van der Waals surface area contributed by atoms with Crippen molar-refractivity contribution in [3.8, 4) is 0 Å². The Labute approximate surface area is 99.0 Å². The van der Waals surface area contributed by atoms with Gasteiger partial charge in [-0.05, 0) is 18.2 Å². The van der Waals surface area contributed by atoms with Crippen molar-refractivity contribution in [3.63, 3.8) is 0 Å². The predicted octanol–water partition coefficient (Wildman–Crippen LogP) is 1.52. The third kappa shape index (κ3) is 1.40. The van der Waals surface area contributed by atoms with Crippen molar-refractivity contribution in [3.05, 3.63) is 23.8 Å². The number of hydrogen-bond acceptors (Lipinski definition) is 6. The number of nitrogens with zero attached hydrogens (tertiary/aromatic N) is 3. The van der Waals surface area contributed by atoms with Crippen molar-refractivity contribution in [1.82, 2.24) is 13.7 Å². The molecule has 0 atom stereocenters. The van der Waals surface area contributed by atoms with Gasteiger partial charge in [-0.3, -0.25) is 0 Å². The van der Waals surface area contributed by atoms with Crippen LogP contribution in [-0.2, 0) is 0 Å². The van der Waals surface area contributed by atoms with E-state index < -0.39 is 5.97 Å². The van der Waals surface area contributed by atoms with Crippen LogP contribution in [0.3, 0.4) is 0 Å². The fraction of sp³-hybridized carbons (Fsp3) is 0. The van der Waals surface area contributed by atoms with Gasteiger partial charge in [0.25, 0.3) is 0 Å². The van der Waals surface area contributed by atoms with Crippen molar-refractivity contribution in [2.75, 3.05) is 5.73 Å². The zero-order chi connectivity index (χ0) is 12.0. The second-order valence-electron chi connectivity index (χ2n) is 3.50. The summed E-state index contributed by atoms with van der Waals surface area (Å²) in [5.74, 6) is -0.676. The highest BCUT2D eigenvalue weighted by atomic mass is 32.1. The number of carboxylic acid groups (broad SMARTS) is 1. The Morgan fingerprint density at radius 1 is 1.29 bits per heavy atom. The first-order valence-corrected chi connectivity index (χ1v) is 5.44. The Bertz CT molecular complexity index is 752. The standard InChI is InChI=1S/C10H6N4O2S/c11-9-8-7(13-17-14-8)5-3-4(10(15)16)1-2-6(5)12-9/h1-3H,(H2,11,12)(H,15,16). The molecule has 84 valence electrons. The molecule has 0 aliphatic carbocycles. The van der Waals surface area contributed by atoms with Crippen LogP contribution in [0.1, 0.15) is 10.4 Å². The average Bonchev–Trinajstić information content (AvgIpc) is 2.78. The van der Waals surface area contributed by atoms with Gasteiger partial charge in [-0.15, -0.1) is 0 Å². The molecule has 0 spiro atoms. The largest absolute Gasteiger partial charge is 0.478 e. The highest BCUT2D eigenvalue weighted by Crippen LogP contribution is 2.26. The number of rotatable bonds is 1. The molecule has 3 N–H and O–H groups in total. The minimum Gasteiger partial charge on any atom is -0.478 e. The number of anilines is 1. The van der Waals surface area contributed by atoms with Crippen LogP contribution in [0.5, 0.6) is 0 Å². The highest BCUT2D eigenvalue weighted by Gasteiger charge is 2.12. The topological polar surface area (TPSA) is 102 Å².